The number of carbonyl (C=O) groups is 2. The molecule has 2 fully saturated rings. The molecule has 2 saturated heterocycles. The van der Waals surface area contributed by atoms with Crippen molar-refractivity contribution < 1.29 is 9.59 Å². The average Bonchev–Trinajstić information content (AvgIpc) is 2.70. The molecule has 0 aliphatic carbocycles. The summed E-state index contributed by atoms with van der Waals surface area (Å²) in [5.74, 6) is 2.33. The van der Waals surface area contributed by atoms with Crippen molar-refractivity contribution in [2.45, 2.75) is 45.6 Å². The monoisotopic (exact) mass is 393 g/mol. The first kappa shape index (κ1) is 19.4. The van der Waals surface area contributed by atoms with Gasteiger partial charge in [0.15, 0.2) is 5.82 Å². The number of nitrogens with one attached hydrogen (secondary N) is 2. The van der Waals surface area contributed by atoms with Crippen LogP contribution in [0.1, 0.15) is 38.2 Å². The number of benzene rings is 1. The van der Waals surface area contributed by atoms with Gasteiger partial charge in [-0.2, -0.15) is 0 Å². The second kappa shape index (κ2) is 8.19. The van der Waals surface area contributed by atoms with Gasteiger partial charge in [0.1, 0.15) is 17.7 Å². The zero-order chi connectivity index (χ0) is 20.4. The summed E-state index contributed by atoms with van der Waals surface area (Å²) in [6.07, 6.45) is 3.07. The number of hydrogen-bond acceptors (Lipinski definition) is 6. The molecule has 2 aliphatic heterocycles. The van der Waals surface area contributed by atoms with Crippen LogP contribution in [0.4, 0.5) is 11.6 Å². The third-order valence-corrected chi connectivity index (χ3v) is 5.66. The number of aryl methyl sites for hydroxylation is 1. The molecule has 2 amide bonds. The topological polar surface area (TPSA) is 87.2 Å². The predicted molar refractivity (Wildman–Crippen MR) is 113 cm³/mol. The summed E-state index contributed by atoms with van der Waals surface area (Å²) in [7, 11) is 0. The van der Waals surface area contributed by atoms with Crippen molar-refractivity contribution in [2.24, 2.45) is 5.92 Å². The quantitative estimate of drug-likeness (QED) is 0.777. The number of carbonyl (C=O) groups excluding carboxylic acids is 2. The molecule has 2 N–H and O–H groups in total. The number of nitrogens with zero attached hydrogens (tertiary/aromatic N) is 3. The van der Waals surface area contributed by atoms with E-state index in [4.69, 9.17) is 4.98 Å². The predicted octanol–water partition coefficient (Wildman–Crippen LogP) is 2.91. The molecule has 29 heavy (non-hydrogen) atoms. The molecule has 152 valence electrons. The number of aromatic nitrogens is 2. The zero-order valence-electron chi connectivity index (χ0n) is 16.9. The second-order valence-electron chi connectivity index (χ2n) is 8.12. The van der Waals surface area contributed by atoms with Crippen LogP contribution < -0.4 is 15.5 Å². The van der Waals surface area contributed by atoms with E-state index in [9.17, 15) is 9.59 Å². The minimum atomic E-state index is -0.470. The largest absolute Gasteiger partial charge is 0.358 e. The lowest BCUT2D eigenvalue weighted by molar-refractivity contribution is -0.133. The Bertz CT molecular complexity index is 921. The van der Waals surface area contributed by atoms with Gasteiger partial charge in [-0.3, -0.25) is 14.9 Å². The van der Waals surface area contributed by atoms with Crippen LogP contribution in [0, 0.1) is 12.8 Å². The van der Waals surface area contributed by atoms with Crippen LogP contribution in [0.5, 0.6) is 0 Å². The van der Waals surface area contributed by atoms with Gasteiger partial charge < -0.3 is 10.2 Å². The molecule has 1 aromatic heterocycles. The summed E-state index contributed by atoms with van der Waals surface area (Å²) in [5, 5.41) is 5.61. The fourth-order valence-corrected chi connectivity index (χ4v) is 3.83. The normalized spacial score (nSPS) is 20.5. The molecule has 0 bridgehead atoms. The van der Waals surface area contributed by atoms with Gasteiger partial charge in [0, 0.05) is 31.1 Å². The van der Waals surface area contributed by atoms with Crippen molar-refractivity contribution in [1.29, 1.82) is 0 Å². The van der Waals surface area contributed by atoms with E-state index >= 15 is 0 Å². The van der Waals surface area contributed by atoms with Crippen molar-refractivity contribution in [2.75, 3.05) is 23.3 Å². The Morgan fingerprint density at radius 2 is 1.90 bits per heavy atom. The molecule has 7 heteroatoms. The Hall–Kier alpha value is -2.96. The Labute approximate surface area is 170 Å². The van der Waals surface area contributed by atoms with E-state index in [1.807, 2.05) is 31.2 Å². The minimum absolute atomic E-state index is 0.223. The second-order valence-corrected chi connectivity index (χ2v) is 8.12. The summed E-state index contributed by atoms with van der Waals surface area (Å²) in [6, 6.07) is 9.55. The van der Waals surface area contributed by atoms with E-state index in [1.165, 1.54) is 0 Å². The molecule has 0 saturated carbocycles. The average molecular weight is 393 g/mol. The highest BCUT2D eigenvalue weighted by Gasteiger charge is 2.27. The van der Waals surface area contributed by atoms with Crippen LogP contribution in [0.3, 0.4) is 0 Å². The first-order valence-electron chi connectivity index (χ1n) is 10.3. The Balaban J connectivity index is 1.66. The van der Waals surface area contributed by atoms with Crippen molar-refractivity contribution in [1.82, 2.24) is 15.3 Å². The van der Waals surface area contributed by atoms with Gasteiger partial charge in [-0.25, -0.2) is 9.97 Å². The van der Waals surface area contributed by atoms with Crippen LogP contribution in [0.15, 0.2) is 30.3 Å². The van der Waals surface area contributed by atoms with Gasteiger partial charge >= 0.3 is 0 Å². The molecule has 2 aliphatic rings. The van der Waals surface area contributed by atoms with Crippen molar-refractivity contribution in [3.05, 3.63) is 35.9 Å². The van der Waals surface area contributed by atoms with Crippen LogP contribution in [0.2, 0.25) is 0 Å². The van der Waals surface area contributed by atoms with Crippen LogP contribution >= 0.6 is 0 Å². The zero-order valence-corrected chi connectivity index (χ0v) is 16.9. The third-order valence-electron chi connectivity index (χ3n) is 5.66. The number of amides is 2. The molecule has 7 nitrogen and oxygen atoms in total. The Kier molecular flexibility index (Phi) is 5.47. The highest BCUT2D eigenvalue weighted by Crippen LogP contribution is 2.27. The molecule has 4 rings (SSSR count). The number of imide groups is 1. The fraction of sp³-hybridized carbons (Fsp3) is 0.455. The lowest BCUT2D eigenvalue weighted by Crippen LogP contribution is -2.47. The summed E-state index contributed by atoms with van der Waals surface area (Å²) in [5.41, 5.74) is 2.09. The van der Waals surface area contributed by atoms with Gasteiger partial charge in [0.05, 0.1) is 0 Å². The van der Waals surface area contributed by atoms with E-state index in [2.05, 4.69) is 33.5 Å². The highest BCUT2D eigenvalue weighted by atomic mass is 16.2. The van der Waals surface area contributed by atoms with E-state index in [1.54, 1.807) is 0 Å². The molecule has 3 heterocycles. The van der Waals surface area contributed by atoms with E-state index in [-0.39, 0.29) is 11.8 Å². The lowest BCUT2D eigenvalue weighted by Gasteiger charge is -2.31. The van der Waals surface area contributed by atoms with Gasteiger partial charge in [0.2, 0.25) is 11.8 Å². The van der Waals surface area contributed by atoms with E-state index < -0.39 is 6.04 Å². The molecular formula is C22H27N5O2. The number of rotatable bonds is 4. The van der Waals surface area contributed by atoms with E-state index in [0.29, 0.717) is 24.5 Å². The molecule has 1 unspecified atom stereocenters. The van der Waals surface area contributed by atoms with Crippen molar-refractivity contribution in [3.8, 4) is 11.4 Å². The van der Waals surface area contributed by atoms with Gasteiger partial charge in [-0.1, -0.05) is 30.7 Å². The standard InChI is InChI=1S/C22H27N5O2/c1-14-8-10-27(11-9-14)19-13-18(23-17-6-7-20(28)26-22(17)29)24-21(25-19)16-5-3-4-15(2)12-16/h3-5,12-14,17H,6-11H2,1-2H3,(H,23,24,25)(H,26,28,29). The Morgan fingerprint density at radius 1 is 1.10 bits per heavy atom. The maximum absolute atomic E-state index is 12.2. The number of hydrogen-bond donors (Lipinski definition) is 2. The first-order valence-corrected chi connectivity index (χ1v) is 10.3. The highest BCUT2D eigenvalue weighted by molar-refractivity contribution is 6.01. The van der Waals surface area contributed by atoms with Gasteiger partial charge in [-0.15, -0.1) is 0 Å². The fourth-order valence-electron chi connectivity index (χ4n) is 3.83. The lowest BCUT2D eigenvalue weighted by atomic mass is 9.99. The number of anilines is 2. The Morgan fingerprint density at radius 3 is 2.62 bits per heavy atom. The molecule has 2 aromatic rings. The summed E-state index contributed by atoms with van der Waals surface area (Å²) in [4.78, 5) is 35.4. The molecular weight excluding hydrogens is 366 g/mol. The third kappa shape index (κ3) is 4.55. The minimum Gasteiger partial charge on any atom is -0.358 e. The SMILES string of the molecule is Cc1cccc(-c2nc(NC3CCC(=O)NC3=O)cc(N3CCC(C)CC3)n2)c1. The van der Waals surface area contributed by atoms with Crippen LogP contribution in [-0.2, 0) is 9.59 Å². The van der Waals surface area contributed by atoms with Gasteiger partial charge in [-0.05, 0) is 38.2 Å². The van der Waals surface area contributed by atoms with Crippen molar-refractivity contribution >= 4 is 23.5 Å². The number of piperidine rings is 2. The first-order chi connectivity index (χ1) is 14.0. The van der Waals surface area contributed by atoms with Gasteiger partial charge in [0.25, 0.3) is 0 Å². The summed E-state index contributed by atoms with van der Waals surface area (Å²) in [6.45, 7) is 6.25. The maximum atomic E-state index is 12.2. The van der Waals surface area contributed by atoms with Crippen molar-refractivity contribution in [3.63, 3.8) is 0 Å². The maximum Gasteiger partial charge on any atom is 0.249 e. The van der Waals surface area contributed by atoms with E-state index in [0.717, 1.165) is 48.8 Å². The molecule has 1 atom stereocenters. The summed E-state index contributed by atoms with van der Waals surface area (Å²) >= 11 is 0. The molecule has 0 radical (unpaired) electrons. The smallest absolute Gasteiger partial charge is 0.249 e. The molecule has 0 spiro atoms. The van der Waals surface area contributed by atoms with Crippen LogP contribution in [-0.4, -0.2) is 40.9 Å². The summed E-state index contributed by atoms with van der Waals surface area (Å²) < 4.78 is 0. The molecule has 1 aromatic carbocycles. The van der Waals surface area contributed by atoms with Crippen LogP contribution in [0.25, 0.3) is 11.4 Å².